The van der Waals surface area contributed by atoms with Crippen molar-refractivity contribution in [3.63, 3.8) is 0 Å². The number of benzene rings is 1. The van der Waals surface area contributed by atoms with Gasteiger partial charge < -0.3 is 14.4 Å². The SMILES string of the molecule is CC1CC(C)CN(C(=O)c2ccc(-c3ccc4c(c3)OCCO4)s2)C1. The van der Waals surface area contributed by atoms with Crippen LogP contribution in [-0.4, -0.2) is 37.1 Å². The summed E-state index contributed by atoms with van der Waals surface area (Å²) in [4.78, 5) is 16.8. The number of hydrogen-bond donors (Lipinski definition) is 0. The monoisotopic (exact) mass is 357 g/mol. The van der Waals surface area contributed by atoms with Crippen molar-refractivity contribution in [3.05, 3.63) is 35.2 Å². The van der Waals surface area contributed by atoms with E-state index in [0.717, 1.165) is 39.9 Å². The van der Waals surface area contributed by atoms with Crippen LogP contribution in [0.25, 0.3) is 10.4 Å². The summed E-state index contributed by atoms with van der Waals surface area (Å²) in [6.45, 7) is 7.35. The van der Waals surface area contributed by atoms with Crippen LogP contribution in [-0.2, 0) is 0 Å². The van der Waals surface area contributed by atoms with Crippen LogP contribution in [0.3, 0.4) is 0 Å². The third-order valence-electron chi connectivity index (χ3n) is 4.80. The van der Waals surface area contributed by atoms with E-state index in [1.165, 1.54) is 6.42 Å². The molecule has 1 saturated heterocycles. The third-order valence-corrected chi connectivity index (χ3v) is 5.92. The number of hydrogen-bond acceptors (Lipinski definition) is 4. The van der Waals surface area contributed by atoms with Gasteiger partial charge in [-0.25, -0.2) is 0 Å². The maximum absolute atomic E-state index is 12.9. The van der Waals surface area contributed by atoms with Crippen molar-refractivity contribution in [1.82, 2.24) is 4.90 Å². The van der Waals surface area contributed by atoms with E-state index in [4.69, 9.17) is 9.47 Å². The van der Waals surface area contributed by atoms with Crippen molar-refractivity contribution >= 4 is 17.2 Å². The Hall–Kier alpha value is -2.01. The molecule has 1 fully saturated rings. The molecule has 2 aromatic rings. The lowest BCUT2D eigenvalue weighted by Crippen LogP contribution is -2.42. The van der Waals surface area contributed by atoms with Gasteiger partial charge in [-0.05, 0) is 54.2 Å². The first-order valence-corrected chi connectivity index (χ1v) is 9.71. The van der Waals surface area contributed by atoms with Crippen molar-refractivity contribution in [2.45, 2.75) is 20.3 Å². The fraction of sp³-hybridized carbons (Fsp3) is 0.450. The molecule has 1 aromatic carbocycles. The molecule has 0 N–H and O–H groups in total. The van der Waals surface area contributed by atoms with Crippen LogP contribution in [0, 0.1) is 11.8 Å². The Morgan fingerprint density at radius 1 is 1.04 bits per heavy atom. The topological polar surface area (TPSA) is 38.8 Å². The minimum absolute atomic E-state index is 0.159. The van der Waals surface area contributed by atoms with Gasteiger partial charge >= 0.3 is 0 Å². The van der Waals surface area contributed by atoms with Crippen LogP contribution >= 0.6 is 11.3 Å². The minimum atomic E-state index is 0.159. The highest BCUT2D eigenvalue weighted by atomic mass is 32.1. The van der Waals surface area contributed by atoms with Crippen molar-refractivity contribution < 1.29 is 14.3 Å². The van der Waals surface area contributed by atoms with Crippen molar-refractivity contribution in [2.75, 3.05) is 26.3 Å². The fourth-order valence-corrected chi connectivity index (χ4v) is 4.76. The van der Waals surface area contributed by atoms with Crippen molar-refractivity contribution in [2.24, 2.45) is 11.8 Å². The fourth-order valence-electron chi connectivity index (χ4n) is 3.79. The molecule has 0 spiro atoms. The number of rotatable bonds is 2. The number of likely N-dealkylation sites (tertiary alicyclic amines) is 1. The van der Waals surface area contributed by atoms with Gasteiger partial charge in [-0.15, -0.1) is 11.3 Å². The molecular weight excluding hydrogens is 334 g/mol. The number of fused-ring (bicyclic) bond motifs is 1. The first-order valence-electron chi connectivity index (χ1n) is 8.89. The number of ether oxygens (including phenoxy) is 2. The molecule has 5 heteroatoms. The molecule has 2 aliphatic rings. The summed E-state index contributed by atoms with van der Waals surface area (Å²) in [6, 6.07) is 9.94. The van der Waals surface area contributed by atoms with Crippen molar-refractivity contribution in [3.8, 4) is 21.9 Å². The molecule has 25 heavy (non-hydrogen) atoms. The first kappa shape index (κ1) is 16.5. The van der Waals surface area contributed by atoms with E-state index < -0.39 is 0 Å². The van der Waals surface area contributed by atoms with E-state index >= 15 is 0 Å². The van der Waals surface area contributed by atoms with Gasteiger partial charge in [0.15, 0.2) is 11.5 Å². The zero-order valence-electron chi connectivity index (χ0n) is 14.7. The van der Waals surface area contributed by atoms with Gasteiger partial charge in [0.2, 0.25) is 0 Å². The average molecular weight is 357 g/mol. The molecule has 2 aliphatic heterocycles. The molecule has 1 aromatic heterocycles. The van der Waals surface area contributed by atoms with Crippen LogP contribution in [0.5, 0.6) is 11.5 Å². The second-order valence-corrected chi connectivity index (χ2v) is 8.26. The Kier molecular flexibility index (Phi) is 4.42. The second kappa shape index (κ2) is 6.71. The minimum Gasteiger partial charge on any atom is -0.486 e. The number of carbonyl (C=O) groups is 1. The molecule has 2 unspecified atom stereocenters. The lowest BCUT2D eigenvalue weighted by molar-refractivity contribution is 0.0628. The summed E-state index contributed by atoms with van der Waals surface area (Å²) in [5.41, 5.74) is 1.06. The van der Waals surface area contributed by atoms with Crippen LogP contribution < -0.4 is 9.47 Å². The van der Waals surface area contributed by atoms with Crippen LogP contribution in [0.4, 0.5) is 0 Å². The zero-order chi connectivity index (χ0) is 17.4. The molecule has 0 radical (unpaired) electrons. The quantitative estimate of drug-likeness (QED) is 0.804. The zero-order valence-corrected chi connectivity index (χ0v) is 15.5. The lowest BCUT2D eigenvalue weighted by atomic mass is 9.92. The number of piperidine rings is 1. The third kappa shape index (κ3) is 3.38. The summed E-state index contributed by atoms with van der Waals surface area (Å²) < 4.78 is 11.2. The van der Waals surface area contributed by atoms with Crippen LogP contribution in [0.2, 0.25) is 0 Å². The normalized spacial score (nSPS) is 22.7. The van der Waals surface area contributed by atoms with E-state index in [2.05, 4.69) is 13.8 Å². The molecular formula is C20H23NO3S. The van der Waals surface area contributed by atoms with Gasteiger partial charge in [0.05, 0.1) is 4.88 Å². The van der Waals surface area contributed by atoms with E-state index in [1.54, 1.807) is 11.3 Å². The molecule has 0 saturated carbocycles. The smallest absolute Gasteiger partial charge is 0.263 e. The van der Waals surface area contributed by atoms with Crippen LogP contribution in [0.1, 0.15) is 29.9 Å². The molecule has 0 bridgehead atoms. The Labute approximate surface area is 152 Å². The predicted molar refractivity (Wildman–Crippen MR) is 99.6 cm³/mol. The molecule has 0 aliphatic carbocycles. The van der Waals surface area contributed by atoms with Gasteiger partial charge in [0.25, 0.3) is 5.91 Å². The van der Waals surface area contributed by atoms with E-state index in [9.17, 15) is 4.79 Å². The summed E-state index contributed by atoms with van der Waals surface area (Å²) in [6.07, 6.45) is 1.21. The summed E-state index contributed by atoms with van der Waals surface area (Å²) in [5, 5.41) is 0. The van der Waals surface area contributed by atoms with Gasteiger partial charge in [-0.3, -0.25) is 4.79 Å². The molecule has 4 rings (SSSR count). The van der Waals surface area contributed by atoms with Gasteiger partial charge in [-0.1, -0.05) is 13.8 Å². The summed E-state index contributed by atoms with van der Waals surface area (Å²) >= 11 is 1.55. The Balaban J connectivity index is 1.55. The van der Waals surface area contributed by atoms with E-state index in [1.807, 2.05) is 35.2 Å². The van der Waals surface area contributed by atoms with Crippen molar-refractivity contribution in [1.29, 1.82) is 0 Å². The average Bonchev–Trinajstić information content (AvgIpc) is 3.10. The largest absolute Gasteiger partial charge is 0.486 e. The Bertz CT molecular complexity index is 775. The van der Waals surface area contributed by atoms with E-state index in [0.29, 0.717) is 25.0 Å². The molecule has 4 nitrogen and oxygen atoms in total. The number of carbonyl (C=O) groups excluding carboxylic acids is 1. The lowest BCUT2D eigenvalue weighted by Gasteiger charge is -2.34. The molecule has 1 amide bonds. The Morgan fingerprint density at radius 3 is 2.52 bits per heavy atom. The van der Waals surface area contributed by atoms with E-state index in [-0.39, 0.29) is 5.91 Å². The highest BCUT2D eigenvalue weighted by Crippen LogP contribution is 2.37. The first-order chi connectivity index (χ1) is 12.1. The maximum atomic E-state index is 12.9. The van der Waals surface area contributed by atoms with Gasteiger partial charge in [-0.2, -0.15) is 0 Å². The van der Waals surface area contributed by atoms with Gasteiger partial charge in [0, 0.05) is 18.0 Å². The number of nitrogens with zero attached hydrogens (tertiary/aromatic N) is 1. The maximum Gasteiger partial charge on any atom is 0.263 e. The Morgan fingerprint density at radius 2 is 1.76 bits per heavy atom. The number of thiophene rings is 1. The molecule has 3 heterocycles. The van der Waals surface area contributed by atoms with Crippen LogP contribution in [0.15, 0.2) is 30.3 Å². The number of amides is 1. The molecule has 2 atom stereocenters. The highest BCUT2D eigenvalue weighted by Gasteiger charge is 2.27. The standard InChI is InChI=1S/C20H23NO3S/c1-13-9-14(2)12-21(11-13)20(22)19-6-5-18(25-19)15-3-4-16-17(10-15)24-8-7-23-16/h3-6,10,13-14H,7-9,11-12H2,1-2H3. The second-order valence-electron chi connectivity index (χ2n) is 7.18. The summed E-state index contributed by atoms with van der Waals surface area (Å²) in [5.74, 6) is 2.88. The van der Waals surface area contributed by atoms with Gasteiger partial charge in [0.1, 0.15) is 13.2 Å². The molecule has 132 valence electrons. The highest BCUT2D eigenvalue weighted by molar-refractivity contribution is 7.17. The summed E-state index contributed by atoms with van der Waals surface area (Å²) in [7, 11) is 0. The predicted octanol–water partition coefficient (Wildman–Crippen LogP) is 4.30.